The van der Waals surface area contributed by atoms with Crippen molar-refractivity contribution in [2.24, 2.45) is 0 Å². The Bertz CT molecular complexity index is 2210. The molecule has 2 aliphatic rings. The molecule has 0 amide bonds. The zero-order valence-electron chi connectivity index (χ0n) is 26.1. The highest BCUT2D eigenvalue weighted by atomic mass is 32.1. The fraction of sp³-hybridized carbons (Fsp3) is 0.368. The van der Waals surface area contributed by atoms with Gasteiger partial charge in [0.2, 0.25) is 0 Å². The second kappa shape index (κ2) is 8.69. The summed E-state index contributed by atoms with van der Waals surface area (Å²) in [5, 5.41) is 6.43. The van der Waals surface area contributed by atoms with E-state index in [-0.39, 0.29) is 21.9 Å². The number of fused-ring (bicyclic) bond motifs is 8. The molecular weight excluding hydrogens is 548 g/mol. The lowest BCUT2D eigenvalue weighted by Crippen LogP contribution is -2.44. The van der Waals surface area contributed by atoms with Gasteiger partial charge in [0.15, 0.2) is 0 Å². The molecule has 43 heavy (non-hydrogen) atoms. The van der Waals surface area contributed by atoms with Crippen LogP contribution in [0.2, 0.25) is 0 Å². The van der Waals surface area contributed by atoms with Crippen molar-refractivity contribution in [2.75, 3.05) is 18.0 Å². The minimum Gasteiger partial charge on any atom is -0.422 e. The van der Waals surface area contributed by atoms with E-state index in [0.29, 0.717) is 5.56 Å². The molecule has 5 heteroatoms. The van der Waals surface area contributed by atoms with E-state index in [4.69, 9.17) is 9.40 Å². The summed E-state index contributed by atoms with van der Waals surface area (Å²) in [5.74, 6) is 0. The van der Waals surface area contributed by atoms with Gasteiger partial charge >= 0.3 is 5.63 Å². The Morgan fingerprint density at radius 3 is 2.33 bits per heavy atom. The molecular formula is C38H38N2O2S. The fourth-order valence-electron chi connectivity index (χ4n) is 7.46. The van der Waals surface area contributed by atoms with Gasteiger partial charge in [-0.3, -0.25) is 0 Å². The molecule has 4 aromatic carbocycles. The lowest BCUT2D eigenvalue weighted by atomic mass is 9.69. The van der Waals surface area contributed by atoms with E-state index in [0.717, 1.165) is 57.5 Å². The number of aromatic nitrogens is 1. The Morgan fingerprint density at radius 2 is 1.58 bits per heavy atom. The largest absolute Gasteiger partial charge is 0.422 e. The molecule has 0 aliphatic carbocycles. The van der Waals surface area contributed by atoms with Crippen LogP contribution < -0.4 is 10.5 Å². The number of hydrogen-bond donors (Lipinski definition) is 0. The summed E-state index contributed by atoms with van der Waals surface area (Å²) in [7, 11) is 0. The Balaban J connectivity index is 1.41. The van der Waals surface area contributed by atoms with Gasteiger partial charge < -0.3 is 9.32 Å². The van der Waals surface area contributed by atoms with Crippen molar-refractivity contribution in [1.29, 1.82) is 0 Å². The van der Waals surface area contributed by atoms with Crippen LogP contribution >= 0.6 is 11.3 Å². The van der Waals surface area contributed by atoms with E-state index in [2.05, 4.69) is 108 Å². The molecule has 2 aliphatic heterocycles. The summed E-state index contributed by atoms with van der Waals surface area (Å²) in [6, 6.07) is 19.7. The van der Waals surface area contributed by atoms with Crippen LogP contribution in [-0.4, -0.2) is 18.1 Å². The van der Waals surface area contributed by atoms with E-state index in [1.165, 1.54) is 38.5 Å². The maximum absolute atomic E-state index is 13.9. The third-order valence-electron chi connectivity index (χ3n) is 10.2. The first-order valence-corrected chi connectivity index (χ1v) is 16.3. The number of benzene rings is 4. The van der Waals surface area contributed by atoms with Gasteiger partial charge in [-0.15, -0.1) is 11.3 Å². The van der Waals surface area contributed by atoms with Crippen molar-refractivity contribution < 1.29 is 4.42 Å². The van der Waals surface area contributed by atoms with Crippen molar-refractivity contribution in [1.82, 2.24) is 4.98 Å². The van der Waals surface area contributed by atoms with Crippen molar-refractivity contribution in [3.8, 4) is 10.6 Å². The summed E-state index contributed by atoms with van der Waals surface area (Å²) < 4.78 is 7.44. The normalized spacial score (nSPS) is 17.7. The number of anilines is 1. The number of nitrogens with zero attached hydrogens (tertiary/aromatic N) is 2. The highest BCUT2D eigenvalue weighted by molar-refractivity contribution is 7.22. The highest BCUT2D eigenvalue weighted by Gasteiger charge is 2.42. The summed E-state index contributed by atoms with van der Waals surface area (Å²) in [4.78, 5) is 21.5. The van der Waals surface area contributed by atoms with Gasteiger partial charge in [0.1, 0.15) is 10.6 Å². The van der Waals surface area contributed by atoms with Crippen LogP contribution in [0.25, 0.3) is 53.3 Å². The monoisotopic (exact) mass is 586 g/mol. The first-order chi connectivity index (χ1) is 20.3. The minimum atomic E-state index is -0.311. The van der Waals surface area contributed by atoms with Gasteiger partial charge in [-0.2, -0.15) is 0 Å². The topological polar surface area (TPSA) is 46.3 Å². The number of hydrogen-bond acceptors (Lipinski definition) is 5. The molecule has 0 unspecified atom stereocenters. The average molecular weight is 587 g/mol. The lowest BCUT2D eigenvalue weighted by Gasteiger charge is -2.48. The number of thiazole rings is 1. The maximum Gasteiger partial charge on any atom is 0.346 e. The molecule has 2 aromatic heterocycles. The molecule has 6 aromatic rings. The summed E-state index contributed by atoms with van der Waals surface area (Å²) in [5.41, 5.74) is 7.11. The summed E-state index contributed by atoms with van der Waals surface area (Å²) >= 11 is 1.60. The third-order valence-corrected chi connectivity index (χ3v) is 11.3. The van der Waals surface area contributed by atoms with E-state index >= 15 is 0 Å². The molecule has 0 saturated carbocycles. The molecule has 0 fully saturated rings. The predicted molar refractivity (Wildman–Crippen MR) is 182 cm³/mol. The Hall–Kier alpha value is -3.70. The number of rotatable bonds is 1. The quantitative estimate of drug-likeness (QED) is 0.142. The molecule has 4 heterocycles. The predicted octanol–water partition coefficient (Wildman–Crippen LogP) is 9.84. The smallest absolute Gasteiger partial charge is 0.346 e. The van der Waals surface area contributed by atoms with Gasteiger partial charge in [-0.25, -0.2) is 9.78 Å². The molecule has 4 nitrogen and oxygen atoms in total. The first-order valence-electron chi connectivity index (χ1n) is 15.5. The molecule has 218 valence electrons. The summed E-state index contributed by atoms with van der Waals surface area (Å²) in [6.07, 6.45) is 2.16. The Labute approximate surface area is 256 Å². The van der Waals surface area contributed by atoms with Crippen LogP contribution in [0.3, 0.4) is 0 Å². The van der Waals surface area contributed by atoms with Crippen molar-refractivity contribution >= 4 is 59.8 Å². The van der Waals surface area contributed by atoms with E-state index in [9.17, 15) is 4.79 Å². The van der Waals surface area contributed by atoms with Crippen LogP contribution in [0.4, 0.5) is 5.69 Å². The molecule has 0 spiro atoms. The van der Waals surface area contributed by atoms with Crippen LogP contribution in [0.5, 0.6) is 0 Å². The highest BCUT2D eigenvalue weighted by Crippen LogP contribution is 2.52. The molecule has 0 atom stereocenters. The Morgan fingerprint density at radius 1 is 0.860 bits per heavy atom. The average Bonchev–Trinajstić information content (AvgIpc) is 3.40. The third kappa shape index (κ3) is 3.86. The molecule has 0 radical (unpaired) electrons. The standard InChI is InChI=1S/C38H38N2O2S/c1-36(2,3)22-12-13-25-26(20-22)23-10-8-9-11-24(23)30-33(25)43-34(39-30)27-18-21-19-28-31-29(32(21)42-35(27)41)38(6,7)15-17-40(31)16-14-37(28,4)5/h8-13,18-20H,14-17H2,1-7H3. The van der Waals surface area contributed by atoms with Crippen LogP contribution in [0, 0.1) is 0 Å². The first kappa shape index (κ1) is 26.9. The zero-order chi connectivity index (χ0) is 30.1. The van der Waals surface area contributed by atoms with Gasteiger partial charge in [-0.05, 0) is 69.2 Å². The van der Waals surface area contributed by atoms with Crippen LogP contribution in [0.15, 0.2) is 63.8 Å². The van der Waals surface area contributed by atoms with Crippen LogP contribution in [0.1, 0.15) is 78.0 Å². The second-order valence-electron chi connectivity index (χ2n) is 15.0. The second-order valence-corrected chi connectivity index (χ2v) is 16.0. The van der Waals surface area contributed by atoms with E-state index in [1.54, 1.807) is 11.3 Å². The Kier molecular flexibility index (Phi) is 5.44. The lowest BCUT2D eigenvalue weighted by molar-refractivity contribution is 0.398. The maximum atomic E-state index is 13.9. The minimum absolute atomic E-state index is 0.0475. The zero-order valence-corrected chi connectivity index (χ0v) is 27.0. The van der Waals surface area contributed by atoms with Crippen molar-refractivity contribution in [3.05, 3.63) is 81.7 Å². The van der Waals surface area contributed by atoms with Crippen molar-refractivity contribution in [3.63, 3.8) is 0 Å². The van der Waals surface area contributed by atoms with Gasteiger partial charge in [0, 0.05) is 40.5 Å². The molecule has 0 N–H and O–H groups in total. The summed E-state index contributed by atoms with van der Waals surface area (Å²) in [6.45, 7) is 18.1. The van der Waals surface area contributed by atoms with Gasteiger partial charge in [-0.1, -0.05) is 84.9 Å². The van der Waals surface area contributed by atoms with Gasteiger partial charge in [0.05, 0.1) is 15.8 Å². The van der Waals surface area contributed by atoms with Crippen LogP contribution in [-0.2, 0) is 16.2 Å². The van der Waals surface area contributed by atoms with Crippen molar-refractivity contribution in [2.45, 2.75) is 77.6 Å². The van der Waals surface area contributed by atoms with Gasteiger partial charge in [0.25, 0.3) is 0 Å². The SMILES string of the molecule is CC(C)(C)c1ccc2c(c1)c1ccccc1c1nc(-c3cc4cc5c6c(c4oc3=O)C(C)(C)CCN6CCC5(C)C)sc21. The van der Waals surface area contributed by atoms with E-state index in [1.807, 2.05) is 0 Å². The fourth-order valence-corrected chi connectivity index (χ4v) is 8.58. The molecule has 8 rings (SSSR count). The molecule has 0 bridgehead atoms. The molecule has 0 saturated heterocycles. The van der Waals surface area contributed by atoms with E-state index < -0.39 is 0 Å².